The molecule has 0 N–H and O–H groups in total. The predicted octanol–water partition coefficient (Wildman–Crippen LogP) is 4.23. The Bertz CT molecular complexity index is 375. The monoisotopic (exact) mass is 230 g/mol. The summed E-state index contributed by atoms with van der Waals surface area (Å²) in [4.78, 5) is 0. The lowest BCUT2D eigenvalue weighted by Gasteiger charge is -2.34. The Labute approximate surface area is 99.8 Å². The molecule has 1 aromatic carbocycles. The fraction of sp³-hybridized carbons (Fsp3) is 0.333. The normalized spacial score (nSPS) is 17.9. The Morgan fingerprint density at radius 2 is 1.69 bits per heavy atom. The second-order valence-corrected chi connectivity index (χ2v) is 7.21. The maximum absolute atomic E-state index is 2.42. The smallest absolute Gasteiger partial charge is 0.0297 e. The molecule has 1 aliphatic rings. The van der Waals surface area contributed by atoms with Gasteiger partial charge in [-0.25, -0.2) is 0 Å². The van der Waals surface area contributed by atoms with E-state index in [1.807, 2.05) is 0 Å². The molecule has 2 rings (SSSR count). The number of allylic oxidation sites excluding steroid dienone is 4. The largest absolute Gasteiger partial charge is 0.0984 e. The summed E-state index contributed by atoms with van der Waals surface area (Å²) in [5.74, 6) is 0. The first-order valence-corrected chi connectivity index (χ1v) is 8.03. The molecule has 84 valence electrons. The zero-order valence-electron chi connectivity index (χ0n) is 10.1. The molecule has 1 heteroatoms. The molecule has 0 fully saturated rings. The van der Waals surface area contributed by atoms with Crippen molar-refractivity contribution in [2.75, 3.05) is 13.3 Å². The van der Waals surface area contributed by atoms with Crippen LogP contribution in [-0.4, -0.2) is 18.5 Å². The number of hydrogen-bond acceptors (Lipinski definition) is 0. The molecule has 0 nitrogen and oxygen atoms in total. The van der Waals surface area contributed by atoms with E-state index in [1.165, 1.54) is 5.56 Å². The van der Waals surface area contributed by atoms with Crippen LogP contribution in [0.1, 0.15) is 12.0 Å². The van der Waals surface area contributed by atoms with Crippen molar-refractivity contribution in [3.8, 4) is 0 Å². The SMILES string of the molecule is CP(C)C1(Cc2ccccc2)C=CCC=C1. The summed E-state index contributed by atoms with van der Waals surface area (Å²) in [6.45, 7) is 4.75. The standard InChI is InChI=1S/C15H19P/c1-16(2)15(11-7-4-8-12-15)13-14-9-5-3-6-10-14/h3,5-12H,4,13H2,1-2H3. The van der Waals surface area contributed by atoms with E-state index in [4.69, 9.17) is 0 Å². The lowest BCUT2D eigenvalue weighted by atomic mass is 9.94. The molecule has 1 aliphatic carbocycles. The minimum absolute atomic E-state index is 0.000182. The van der Waals surface area contributed by atoms with Crippen molar-refractivity contribution >= 4 is 7.92 Å². The van der Waals surface area contributed by atoms with Gasteiger partial charge >= 0.3 is 0 Å². The van der Waals surface area contributed by atoms with Gasteiger partial charge in [0.15, 0.2) is 0 Å². The van der Waals surface area contributed by atoms with Gasteiger partial charge in [0, 0.05) is 5.16 Å². The molecule has 0 aromatic heterocycles. The molecule has 0 amide bonds. The van der Waals surface area contributed by atoms with E-state index in [1.54, 1.807) is 0 Å². The third-order valence-electron chi connectivity index (χ3n) is 3.25. The van der Waals surface area contributed by atoms with E-state index in [9.17, 15) is 0 Å². The van der Waals surface area contributed by atoms with Gasteiger partial charge < -0.3 is 0 Å². The van der Waals surface area contributed by atoms with Crippen LogP contribution in [0.4, 0.5) is 0 Å². The predicted molar refractivity (Wildman–Crippen MR) is 74.5 cm³/mol. The molecule has 0 unspecified atom stereocenters. The summed E-state index contributed by atoms with van der Waals surface area (Å²) in [6.07, 6.45) is 11.7. The van der Waals surface area contributed by atoms with Gasteiger partial charge in [-0.1, -0.05) is 62.6 Å². The summed E-state index contributed by atoms with van der Waals surface area (Å²) in [5, 5.41) is 0.287. The van der Waals surface area contributed by atoms with Crippen molar-refractivity contribution in [3.05, 3.63) is 60.2 Å². The van der Waals surface area contributed by atoms with Crippen molar-refractivity contribution < 1.29 is 0 Å². The van der Waals surface area contributed by atoms with Crippen molar-refractivity contribution in [2.24, 2.45) is 0 Å². The van der Waals surface area contributed by atoms with E-state index in [0.717, 1.165) is 12.8 Å². The highest BCUT2D eigenvalue weighted by atomic mass is 31.1. The van der Waals surface area contributed by atoms with Crippen molar-refractivity contribution in [1.29, 1.82) is 0 Å². The van der Waals surface area contributed by atoms with Gasteiger partial charge in [0.25, 0.3) is 0 Å². The quantitative estimate of drug-likeness (QED) is 0.538. The van der Waals surface area contributed by atoms with Gasteiger partial charge in [-0.15, -0.1) is 0 Å². The summed E-state index contributed by atoms with van der Waals surface area (Å²) in [5.41, 5.74) is 1.44. The Kier molecular flexibility index (Phi) is 3.61. The van der Waals surface area contributed by atoms with Crippen molar-refractivity contribution in [2.45, 2.75) is 18.0 Å². The highest BCUT2D eigenvalue weighted by Gasteiger charge is 2.28. The van der Waals surface area contributed by atoms with E-state index < -0.39 is 0 Å². The molecular weight excluding hydrogens is 211 g/mol. The molecule has 0 aliphatic heterocycles. The maximum Gasteiger partial charge on any atom is 0.0297 e. The van der Waals surface area contributed by atoms with Crippen LogP contribution in [-0.2, 0) is 6.42 Å². The van der Waals surface area contributed by atoms with Gasteiger partial charge in [-0.2, -0.15) is 0 Å². The van der Waals surface area contributed by atoms with Crippen molar-refractivity contribution in [3.63, 3.8) is 0 Å². The van der Waals surface area contributed by atoms with Gasteiger partial charge in [0.1, 0.15) is 0 Å². The number of rotatable bonds is 3. The first-order chi connectivity index (χ1) is 7.73. The van der Waals surface area contributed by atoms with Gasteiger partial charge in [-0.05, 0) is 31.7 Å². The minimum atomic E-state index is -0.000182. The average molecular weight is 230 g/mol. The molecule has 16 heavy (non-hydrogen) atoms. The highest BCUT2D eigenvalue weighted by Crippen LogP contribution is 2.48. The first-order valence-electron chi connectivity index (χ1n) is 5.80. The Hall–Kier alpha value is -0.870. The van der Waals surface area contributed by atoms with Crippen LogP contribution in [0.25, 0.3) is 0 Å². The number of benzene rings is 1. The molecule has 1 aromatic rings. The van der Waals surface area contributed by atoms with Crippen LogP contribution in [0.15, 0.2) is 54.6 Å². The molecule has 0 spiro atoms. The van der Waals surface area contributed by atoms with Crippen LogP contribution < -0.4 is 0 Å². The van der Waals surface area contributed by atoms with E-state index >= 15 is 0 Å². The average Bonchev–Trinajstić information content (AvgIpc) is 2.31. The lowest BCUT2D eigenvalue weighted by Crippen LogP contribution is -2.25. The van der Waals surface area contributed by atoms with Crippen LogP contribution in [0.3, 0.4) is 0 Å². The second-order valence-electron chi connectivity index (χ2n) is 4.59. The van der Waals surface area contributed by atoms with E-state index in [0.29, 0.717) is 0 Å². The van der Waals surface area contributed by atoms with Gasteiger partial charge in [0.2, 0.25) is 0 Å². The molecule has 0 radical (unpaired) electrons. The van der Waals surface area contributed by atoms with Crippen LogP contribution in [0, 0.1) is 0 Å². The summed E-state index contributed by atoms with van der Waals surface area (Å²) in [6, 6.07) is 10.8. The topological polar surface area (TPSA) is 0 Å². The molecular formula is C15H19P. The van der Waals surface area contributed by atoms with Gasteiger partial charge in [-0.3, -0.25) is 0 Å². The van der Waals surface area contributed by atoms with Crippen LogP contribution in [0.2, 0.25) is 0 Å². The second kappa shape index (κ2) is 4.97. The highest BCUT2D eigenvalue weighted by molar-refractivity contribution is 7.58. The maximum atomic E-state index is 2.42. The van der Waals surface area contributed by atoms with Crippen LogP contribution >= 0.6 is 7.92 Å². The van der Waals surface area contributed by atoms with Crippen LogP contribution in [0.5, 0.6) is 0 Å². The van der Waals surface area contributed by atoms with Gasteiger partial charge in [0.05, 0.1) is 0 Å². The zero-order chi connectivity index (χ0) is 11.4. The summed E-state index contributed by atoms with van der Waals surface area (Å²) >= 11 is 0. The Balaban J connectivity index is 2.25. The lowest BCUT2D eigenvalue weighted by molar-refractivity contribution is 0.831. The molecule has 0 saturated carbocycles. The fourth-order valence-electron chi connectivity index (χ4n) is 2.18. The third kappa shape index (κ3) is 2.44. The molecule has 0 saturated heterocycles. The van der Waals surface area contributed by atoms with Crippen molar-refractivity contribution in [1.82, 2.24) is 0 Å². The fourth-order valence-corrected chi connectivity index (χ4v) is 3.48. The molecule has 0 atom stereocenters. The summed E-state index contributed by atoms with van der Waals surface area (Å²) in [7, 11) is -0.000182. The Morgan fingerprint density at radius 3 is 2.25 bits per heavy atom. The van der Waals surface area contributed by atoms with E-state index in [2.05, 4.69) is 68.0 Å². The minimum Gasteiger partial charge on any atom is -0.0984 e. The van der Waals surface area contributed by atoms with E-state index in [-0.39, 0.29) is 13.1 Å². The molecule has 0 bridgehead atoms. The Morgan fingerprint density at radius 1 is 1.06 bits per heavy atom. The third-order valence-corrected chi connectivity index (χ3v) is 5.37. The number of hydrogen-bond donors (Lipinski definition) is 0. The summed E-state index contributed by atoms with van der Waals surface area (Å²) < 4.78 is 0. The molecule has 0 heterocycles. The zero-order valence-corrected chi connectivity index (χ0v) is 11.0. The first kappa shape index (κ1) is 11.6.